The minimum Gasteiger partial charge on any atom is -0.462 e. The number of nitriles is 1. The summed E-state index contributed by atoms with van der Waals surface area (Å²) in [7, 11) is 0. The van der Waals surface area contributed by atoms with Crippen molar-refractivity contribution >= 4 is 40.0 Å². The smallest absolute Gasteiger partial charge is 0.341 e. The number of carbonyl (C=O) groups is 2. The molecule has 0 saturated heterocycles. The molecule has 37 heavy (non-hydrogen) atoms. The van der Waals surface area contributed by atoms with Crippen molar-refractivity contribution in [3.05, 3.63) is 73.8 Å². The van der Waals surface area contributed by atoms with Crippen molar-refractivity contribution in [2.75, 3.05) is 11.9 Å². The number of esters is 1. The van der Waals surface area contributed by atoms with Crippen LogP contribution in [-0.2, 0) is 22.4 Å². The lowest BCUT2D eigenvalue weighted by Crippen LogP contribution is -2.17. The van der Waals surface area contributed by atoms with Crippen LogP contribution in [0.15, 0.2) is 46.4 Å². The molecular formula is C27H25N3O6S. The average Bonchev–Trinajstić information content (AvgIpc) is 3.51. The first-order valence-corrected chi connectivity index (χ1v) is 12.8. The van der Waals surface area contributed by atoms with E-state index in [4.69, 9.17) is 9.15 Å². The van der Waals surface area contributed by atoms with Crippen LogP contribution < -0.4 is 5.32 Å². The van der Waals surface area contributed by atoms with E-state index in [-0.39, 0.29) is 23.6 Å². The van der Waals surface area contributed by atoms with Crippen LogP contribution in [0.2, 0.25) is 0 Å². The predicted molar refractivity (Wildman–Crippen MR) is 139 cm³/mol. The topological polar surface area (TPSA) is 135 Å². The normalized spacial score (nSPS) is 14.9. The SMILES string of the molecule is CCOC(=O)c1c(NC(=O)/C(C#N)=C/c2ccc(-c3ccc([N+](=O)[O-])cc3)o2)sc2c1CCC(CC)C2. The lowest BCUT2D eigenvalue weighted by molar-refractivity contribution is -0.384. The lowest BCUT2D eigenvalue weighted by atomic mass is 9.85. The van der Waals surface area contributed by atoms with Crippen LogP contribution in [0.1, 0.15) is 53.2 Å². The summed E-state index contributed by atoms with van der Waals surface area (Å²) in [5.41, 5.74) is 1.67. The highest BCUT2D eigenvalue weighted by Crippen LogP contribution is 2.41. The zero-order chi connectivity index (χ0) is 26.5. The number of non-ortho nitro benzene ring substituents is 1. The molecule has 0 aliphatic heterocycles. The summed E-state index contributed by atoms with van der Waals surface area (Å²) in [6, 6.07) is 11.0. The summed E-state index contributed by atoms with van der Waals surface area (Å²) in [5.74, 6) is 0.0866. The first-order chi connectivity index (χ1) is 17.8. The fourth-order valence-corrected chi connectivity index (χ4v) is 5.65. The van der Waals surface area contributed by atoms with Crippen molar-refractivity contribution in [3.8, 4) is 17.4 Å². The summed E-state index contributed by atoms with van der Waals surface area (Å²) in [5, 5.41) is 23.7. The molecule has 2 aromatic heterocycles. The third-order valence-corrected chi connectivity index (χ3v) is 7.46. The van der Waals surface area contributed by atoms with Crippen molar-refractivity contribution < 1.29 is 23.7 Å². The molecule has 1 unspecified atom stereocenters. The Balaban J connectivity index is 1.58. The van der Waals surface area contributed by atoms with Crippen LogP contribution in [0.4, 0.5) is 10.7 Å². The van der Waals surface area contributed by atoms with Crippen molar-refractivity contribution in [2.45, 2.75) is 39.5 Å². The van der Waals surface area contributed by atoms with Gasteiger partial charge in [-0.05, 0) is 61.9 Å². The molecule has 1 aliphatic rings. The van der Waals surface area contributed by atoms with Crippen LogP contribution in [0.25, 0.3) is 17.4 Å². The number of thiophene rings is 1. The van der Waals surface area contributed by atoms with E-state index in [0.717, 1.165) is 36.1 Å². The molecule has 4 rings (SSSR count). The van der Waals surface area contributed by atoms with E-state index in [1.807, 2.05) is 6.07 Å². The van der Waals surface area contributed by atoms with Crippen LogP contribution in [0, 0.1) is 27.4 Å². The Labute approximate surface area is 217 Å². The van der Waals surface area contributed by atoms with Gasteiger partial charge in [0.2, 0.25) is 0 Å². The zero-order valence-corrected chi connectivity index (χ0v) is 21.2. The average molecular weight is 520 g/mol. The molecule has 0 radical (unpaired) electrons. The molecule has 1 N–H and O–H groups in total. The summed E-state index contributed by atoms with van der Waals surface area (Å²) in [4.78, 5) is 37.2. The number of rotatable bonds is 8. The van der Waals surface area contributed by atoms with Crippen molar-refractivity contribution in [1.82, 2.24) is 0 Å². The predicted octanol–water partition coefficient (Wildman–Crippen LogP) is 6.15. The van der Waals surface area contributed by atoms with E-state index in [2.05, 4.69) is 12.2 Å². The standard InChI is InChI=1S/C27H25N3O6S/c1-3-16-5-11-21-23(13-16)37-26(24(21)27(32)35-4-2)29-25(31)18(15-28)14-20-10-12-22(36-20)17-6-8-19(9-7-17)30(33)34/h6-10,12,14,16H,3-5,11,13H2,1-2H3,(H,29,31)/b18-14+. The van der Waals surface area contributed by atoms with Crippen molar-refractivity contribution in [2.24, 2.45) is 5.92 Å². The summed E-state index contributed by atoms with van der Waals surface area (Å²) in [6.07, 6.45) is 4.92. The van der Waals surface area contributed by atoms with Gasteiger partial charge in [0.1, 0.15) is 28.2 Å². The molecule has 1 amide bonds. The van der Waals surface area contributed by atoms with Crippen LogP contribution in [-0.4, -0.2) is 23.4 Å². The first-order valence-electron chi connectivity index (χ1n) is 11.9. The van der Waals surface area contributed by atoms with Crippen LogP contribution >= 0.6 is 11.3 Å². The highest BCUT2D eigenvalue weighted by atomic mass is 32.1. The van der Waals surface area contributed by atoms with Gasteiger partial charge < -0.3 is 14.5 Å². The van der Waals surface area contributed by atoms with E-state index >= 15 is 0 Å². The van der Waals surface area contributed by atoms with Gasteiger partial charge in [-0.2, -0.15) is 5.26 Å². The molecule has 9 nitrogen and oxygen atoms in total. The quantitative estimate of drug-likeness (QED) is 0.124. The van der Waals surface area contributed by atoms with Gasteiger partial charge in [-0.1, -0.05) is 13.3 Å². The largest absolute Gasteiger partial charge is 0.462 e. The molecule has 1 aliphatic carbocycles. The van der Waals surface area contributed by atoms with Gasteiger partial charge in [0, 0.05) is 28.6 Å². The Bertz CT molecular complexity index is 1410. The van der Waals surface area contributed by atoms with Crippen LogP contribution in [0.5, 0.6) is 0 Å². The van der Waals surface area contributed by atoms with Gasteiger partial charge in [0.25, 0.3) is 11.6 Å². The Morgan fingerprint density at radius 1 is 1.27 bits per heavy atom. The Kier molecular flexibility index (Phi) is 7.84. The van der Waals surface area contributed by atoms with Crippen molar-refractivity contribution in [1.29, 1.82) is 5.26 Å². The van der Waals surface area contributed by atoms with Gasteiger partial charge in [-0.3, -0.25) is 14.9 Å². The molecule has 10 heteroatoms. The van der Waals surface area contributed by atoms with Gasteiger partial charge in [0.05, 0.1) is 17.1 Å². The van der Waals surface area contributed by atoms with E-state index in [1.165, 1.54) is 29.5 Å². The number of furan rings is 1. The minimum atomic E-state index is -0.660. The number of nitrogens with one attached hydrogen (secondary N) is 1. The lowest BCUT2D eigenvalue weighted by Gasteiger charge is -2.20. The number of amides is 1. The maximum Gasteiger partial charge on any atom is 0.341 e. The fraction of sp³-hybridized carbons (Fsp3) is 0.296. The van der Waals surface area contributed by atoms with Gasteiger partial charge in [0.15, 0.2) is 0 Å². The van der Waals surface area contributed by atoms with Gasteiger partial charge in [-0.25, -0.2) is 4.79 Å². The number of anilines is 1. The second-order valence-electron chi connectivity index (χ2n) is 8.58. The second-order valence-corrected chi connectivity index (χ2v) is 9.68. The monoisotopic (exact) mass is 519 g/mol. The Morgan fingerprint density at radius 2 is 2.03 bits per heavy atom. The highest BCUT2D eigenvalue weighted by molar-refractivity contribution is 7.17. The summed E-state index contributed by atoms with van der Waals surface area (Å²) < 4.78 is 11.0. The molecule has 1 aromatic carbocycles. The molecule has 3 aromatic rings. The number of carbonyl (C=O) groups excluding carboxylic acids is 2. The van der Waals surface area contributed by atoms with E-state index in [1.54, 1.807) is 31.2 Å². The summed E-state index contributed by atoms with van der Waals surface area (Å²) in [6.45, 7) is 4.09. The number of hydrogen-bond donors (Lipinski definition) is 1. The molecule has 1 atom stereocenters. The summed E-state index contributed by atoms with van der Waals surface area (Å²) >= 11 is 1.36. The number of nitrogens with zero attached hydrogens (tertiary/aromatic N) is 2. The molecule has 2 heterocycles. The third kappa shape index (κ3) is 5.62. The number of fused-ring (bicyclic) bond motifs is 1. The Hall–Kier alpha value is -4.23. The number of nitro groups is 1. The highest BCUT2D eigenvalue weighted by Gasteiger charge is 2.30. The molecule has 0 fully saturated rings. The maximum atomic E-state index is 13.0. The van der Waals surface area contributed by atoms with Gasteiger partial charge >= 0.3 is 5.97 Å². The molecule has 0 saturated carbocycles. The fourth-order valence-electron chi connectivity index (χ4n) is 4.30. The second kappa shape index (κ2) is 11.2. The molecular weight excluding hydrogens is 494 g/mol. The van der Waals surface area contributed by atoms with Gasteiger partial charge in [-0.15, -0.1) is 11.3 Å². The maximum absolute atomic E-state index is 13.0. The van der Waals surface area contributed by atoms with E-state index in [0.29, 0.717) is 27.8 Å². The molecule has 0 bridgehead atoms. The molecule has 190 valence electrons. The minimum absolute atomic E-state index is 0.0403. The number of hydrogen-bond acceptors (Lipinski definition) is 8. The van der Waals surface area contributed by atoms with E-state index in [9.17, 15) is 25.0 Å². The third-order valence-electron chi connectivity index (χ3n) is 6.29. The first kappa shape index (κ1) is 25.9. The molecule has 0 spiro atoms. The zero-order valence-electron chi connectivity index (χ0n) is 20.4. The number of nitro benzene ring substituents is 1. The number of benzene rings is 1. The number of ether oxygens (including phenoxy) is 1. The Morgan fingerprint density at radius 3 is 2.68 bits per heavy atom. The van der Waals surface area contributed by atoms with E-state index < -0.39 is 16.8 Å². The van der Waals surface area contributed by atoms with Crippen molar-refractivity contribution in [3.63, 3.8) is 0 Å². The van der Waals surface area contributed by atoms with Crippen LogP contribution in [0.3, 0.4) is 0 Å².